The lowest BCUT2D eigenvalue weighted by Crippen LogP contribution is -2.43. The summed E-state index contributed by atoms with van der Waals surface area (Å²) < 4.78 is 5.18. The summed E-state index contributed by atoms with van der Waals surface area (Å²) in [6.45, 7) is 8.87. The van der Waals surface area contributed by atoms with Crippen molar-refractivity contribution in [1.82, 2.24) is 10.6 Å². The van der Waals surface area contributed by atoms with E-state index in [4.69, 9.17) is 4.74 Å². The molecule has 2 N–H and O–H groups in total. The normalized spacial score (nSPS) is 12.4. The lowest BCUT2D eigenvalue weighted by molar-refractivity contribution is -0.122. The van der Waals surface area contributed by atoms with Gasteiger partial charge in [0.05, 0.1) is 12.6 Å². The van der Waals surface area contributed by atoms with E-state index in [0.717, 1.165) is 26.1 Å². The van der Waals surface area contributed by atoms with Gasteiger partial charge >= 0.3 is 0 Å². The number of unbranched alkanes of at least 4 members (excludes halogenated alkanes) is 2. The van der Waals surface area contributed by atoms with Crippen molar-refractivity contribution < 1.29 is 9.53 Å². The molecule has 0 fully saturated rings. The largest absolute Gasteiger partial charge is 0.380 e. The molecule has 0 bridgehead atoms. The van der Waals surface area contributed by atoms with Crippen molar-refractivity contribution in [2.75, 3.05) is 26.3 Å². The summed E-state index contributed by atoms with van der Waals surface area (Å²) in [5.74, 6) is 0.0765. The van der Waals surface area contributed by atoms with Gasteiger partial charge in [0.1, 0.15) is 0 Å². The van der Waals surface area contributed by atoms with Crippen molar-refractivity contribution in [1.29, 1.82) is 0 Å². The second-order valence-corrected chi connectivity index (χ2v) is 3.87. The minimum atomic E-state index is -0.137. The molecule has 0 rings (SSSR count). The molecular weight excluding hydrogens is 204 g/mol. The van der Waals surface area contributed by atoms with Gasteiger partial charge in [-0.2, -0.15) is 0 Å². The Morgan fingerprint density at radius 1 is 1.25 bits per heavy atom. The topological polar surface area (TPSA) is 50.4 Å². The molecular formula is C12H26N2O2. The first-order valence-corrected chi connectivity index (χ1v) is 6.31. The summed E-state index contributed by atoms with van der Waals surface area (Å²) >= 11 is 0. The molecule has 0 aromatic heterocycles. The molecule has 16 heavy (non-hydrogen) atoms. The van der Waals surface area contributed by atoms with E-state index < -0.39 is 0 Å². The third-order valence-corrected chi connectivity index (χ3v) is 2.37. The van der Waals surface area contributed by atoms with Gasteiger partial charge in [-0.15, -0.1) is 0 Å². The van der Waals surface area contributed by atoms with Crippen LogP contribution in [0.5, 0.6) is 0 Å². The number of amides is 1. The Balaban J connectivity index is 3.42. The first-order chi connectivity index (χ1) is 7.72. The van der Waals surface area contributed by atoms with Crippen molar-refractivity contribution >= 4 is 5.91 Å². The highest BCUT2D eigenvalue weighted by Gasteiger charge is 2.10. The zero-order valence-corrected chi connectivity index (χ0v) is 10.8. The van der Waals surface area contributed by atoms with Crippen LogP contribution in [-0.4, -0.2) is 38.3 Å². The highest BCUT2D eigenvalue weighted by atomic mass is 16.5. The Labute approximate surface area is 99.1 Å². The maximum Gasteiger partial charge on any atom is 0.236 e. The molecule has 4 heteroatoms. The molecule has 0 heterocycles. The minimum Gasteiger partial charge on any atom is -0.380 e. The Morgan fingerprint density at radius 2 is 2.00 bits per heavy atom. The molecule has 0 saturated heterocycles. The quantitative estimate of drug-likeness (QED) is 0.556. The molecule has 0 aromatic rings. The van der Waals surface area contributed by atoms with E-state index in [-0.39, 0.29) is 11.9 Å². The summed E-state index contributed by atoms with van der Waals surface area (Å²) in [7, 11) is 0. The molecule has 96 valence electrons. The van der Waals surface area contributed by atoms with Crippen LogP contribution in [0.3, 0.4) is 0 Å². The van der Waals surface area contributed by atoms with Crippen LogP contribution in [0, 0.1) is 0 Å². The summed E-state index contributed by atoms with van der Waals surface area (Å²) in [4.78, 5) is 11.6. The van der Waals surface area contributed by atoms with Crippen molar-refractivity contribution in [3.8, 4) is 0 Å². The van der Waals surface area contributed by atoms with Gasteiger partial charge in [-0.05, 0) is 20.3 Å². The van der Waals surface area contributed by atoms with Gasteiger partial charge < -0.3 is 15.4 Å². The second-order valence-electron chi connectivity index (χ2n) is 3.87. The molecule has 1 amide bonds. The van der Waals surface area contributed by atoms with E-state index in [2.05, 4.69) is 17.6 Å². The fourth-order valence-corrected chi connectivity index (χ4v) is 1.32. The van der Waals surface area contributed by atoms with Gasteiger partial charge in [-0.1, -0.05) is 19.8 Å². The minimum absolute atomic E-state index is 0.0765. The Bertz CT molecular complexity index is 174. The van der Waals surface area contributed by atoms with E-state index in [1.54, 1.807) is 0 Å². The molecule has 0 spiro atoms. The third kappa shape index (κ3) is 8.68. The Morgan fingerprint density at radius 3 is 2.62 bits per heavy atom. The van der Waals surface area contributed by atoms with E-state index in [1.165, 1.54) is 12.8 Å². The van der Waals surface area contributed by atoms with Crippen LogP contribution in [0.15, 0.2) is 0 Å². The number of rotatable bonds is 10. The molecule has 1 atom stereocenters. The zero-order valence-electron chi connectivity index (χ0n) is 10.8. The molecule has 0 aromatic carbocycles. The Kier molecular flexibility index (Phi) is 10.5. The van der Waals surface area contributed by atoms with Gasteiger partial charge in [0.25, 0.3) is 0 Å². The highest BCUT2D eigenvalue weighted by Crippen LogP contribution is 1.91. The van der Waals surface area contributed by atoms with Crippen molar-refractivity contribution in [2.45, 2.75) is 46.1 Å². The maximum atomic E-state index is 11.6. The lowest BCUT2D eigenvalue weighted by atomic mass is 10.2. The summed E-state index contributed by atoms with van der Waals surface area (Å²) in [5, 5.41) is 6.04. The van der Waals surface area contributed by atoms with E-state index in [9.17, 15) is 4.79 Å². The predicted octanol–water partition coefficient (Wildman–Crippen LogP) is 1.31. The van der Waals surface area contributed by atoms with Crippen molar-refractivity contribution in [3.05, 3.63) is 0 Å². The lowest BCUT2D eigenvalue weighted by Gasteiger charge is -2.13. The van der Waals surface area contributed by atoms with Crippen LogP contribution in [0.1, 0.15) is 40.0 Å². The Hall–Kier alpha value is -0.610. The number of hydrogen-bond acceptors (Lipinski definition) is 3. The molecule has 0 saturated carbocycles. The number of hydrogen-bond donors (Lipinski definition) is 2. The number of nitrogens with one attached hydrogen (secondary N) is 2. The standard InChI is InChI=1S/C12H26N2O2/c1-4-6-7-8-14-12(15)11(3)13-9-10-16-5-2/h11,13H,4-10H2,1-3H3,(H,14,15). The van der Waals surface area contributed by atoms with Crippen LogP contribution in [0.4, 0.5) is 0 Å². The summed E-state index contributed by atoms with van der Waals surface area (Å²) in [6.07, 6.45) is 3.42. The summed E-state index contributed by atoms with van der Waals surface area (Å²) in [6, 6.07) is -0.137. The second kappa shape index (κ2) is 10.9. The average Bonchev–Trinajstić information content (AvgIpc) is 2.29. The smallest absolute Gasteiger partial charge is 0.236 e. The number of carbonyl (C=O) groups is 1. The molecule has 0 aliphatic heterocycles. The van der Waals surface area contributed by atoms with E-state index in [1.807, 2.05) is 13.8 Å². The van der Waals surface area contributed by atoms with Crippen molar-refractivity contribution in [2.24, 2.45) is 0 Å². The van der Waals surface area contributed by atoms with Gasteiger partial charge in [0, 0.05) is 19.7 Å². The number of carbonyl (C=O) groups excluding carboxylic acids is 1. The maximum absolute atomic E-state index is 11.6. The first-order valence-electron chi connectivity index (χ1n) is 6.31. The van der Waals surface area contributed by atoms with Gasteiger partial charge in [-0.25, -0.2) is 0 Å². The first kappa shape index (κ1) is 15.4. The molecule has 0 aliphatic rings. The van der Waals surface area contributed by atoms with Crippen LogP contribution >= 0.6 is 0 Å². The molecule has 1 unspecified atom stereocenters. The van der Waals surface area contributed by atoms with Crippen LogP contribution in [0.2, 0.25) is 0 Å². The fraction of sp³-hybridized carbons (Fsp3) is 0.917. The predicted molar refractivity (Wildman–Crippen MR) is 66.5 cm³/mol. The van der Waals surface area contributed by atoms with Crippen molar-refractivity contribution in [3.63, 3.8) is 0 Å². The zero-order chi connectivity index (χ0) is 12.2. The van der Waals surface area contributed by atoms with Crippen LogP contribution in [-0.2, 0) is 9.53 Å². The van der Waals surface area contributed by atoms with E-state index in [0.29, 0.717) is 6.61 Å². The SMILES string of the molecule is CCCCCNC(=O)C(C)NCCOCC. The molecule has 4 nitrogen and oxygen atoms in total. The third-order valence-electron chi connectivity index (χ3n) is 2.37. The van der Waals surface area contributed by atoms with Crippen LogP contribution < -0.4 is 10.6 Å². The van der Waals surface area contributed by atoms with E-state index >= 15 is 0 Å². The van der Waals surface area contributed by atoms with Gasteiger partial charge in [-0.3, -0.25) is 4.79 Å². The van der Waals surface area contributed by atoms with Gasteiger partial charge in [0.2, 0.25) is 5.91 Å². The average molecular weight is 230 g/mol. The number of ether oxygens (including phenoxy) is 1. The van der Waals surface area contributed by atoms with Gasteiger partial charge in [0.15, 0.2) is 0 Å². The highest BCUT2D eigenvalue weighted by molar-refractivity contribution is 5.81. The monoisotopic (exact) mass is 230 g/mol. The molecule has 0 aliphatic carbocycles. The molecule has 0 radical (unpaired) electrons. The fourth-order valence-electron chi connectivity index (χ4n) is 1.32. The summed E-state index contributed by atoms with van der Waals surface area (Å²) in [5.41, 5.74) is 0. The van der Waals surface area contributed by atoms with Crippen LogP contribution in [0.25, 0.3) is 0 Å².